The molecule has 0 saturated carbocycles. The van der Waals surface area contributed by atoms with Crippen molar-refractivity contribution in [3.8, 4) is 0 Å². The zero-order valence-electron chi connectivity index (χ0n) is 12.0. The second-order valence-electron chi connectivity index (χ2n) is 5.57. The molecule has 2 aliphatic heterocycles. The van der Waals surface area contributed by atoms with Crippen LogP contribution in [0.15, 0.2) is 0 Å². The molecule has 0 aliphatic carbocycles. The van der Waals surface area contributed by atoms with Crippen LogP contribution < -0.4 is 0 Å². The molecule has 136 valence electrons. The number of rotatable bonds is 4. The Morgan fingerprint density at radius 1 is 0.652 bits per heavy atom. The van der Waals surface area contributed by atoms with Crippen LogP contribution in [0.4, 0.5) is 0 Å². The Morgan fingerprint density at radius 2 is 1.22 bits per heavy atom. The molecular formula is C12H22O11. The van der Waals surface area contributed by atoms with Gasteiger partial charge in [-0.3, -0.25) is 0 Å². The Bertz CT molecular complexity index is 380. The third-order valence-corrected chi connectivity index (χ3v) is 3.96. The minimum absolute atomic E-state index is 0.468. The van der Waals surface area contributed by atoms with E-state index in [-0.39, 0.29) is 0 Å². The fourth-order valence-electron chi connectivity index (χ4n) is 2.46. The lowest BCUT2D eigenvalue weighted by atomic mass is 9.98. The van der Waals surface area contributed by atoms with Crippen molar-refractivity contribution in [2.45, 2.75) is 61.4 Å². The topological polar surface area (TPSA) is 190 Å². The Hall–Kier alpha value is -0.440. The van der Waals surface area contributed by atoms with Gasteiger partial charge in [-0.2, -0.15) is 0 Å². The van der Waals surface area contributed by atoms with E-state index in [9.17, 15) is 35.7 Å². The van der Waals surface area contributed by atoms with Gasteiger partial charge in [-0.1, -0.05) is 0 Å². The summed E-state index contributed by atoms with van der Waals surface area (Å²) in [5.74, 6) is 0. The number of hydrogen-bond acceptors (Lipinski definition) is 11. The Labute approximate surface area is 130 Å². The average Bonchev–Trinajstić information content (AvgIpc) is 2.54. The van der Waals surface area contributed by atoms with Crippen molar-refractivity contribution in [1.82, 2.24) is 0 Å². The quantitative estimate of drug-likeness (QED) is 0.243. The summed E-state index contributed by atoms with van der Waals surface area (Å²) in [5.41, 5.74) is 0. The molecule has 0 bridgehead atoms. The highest BCUT2D eigenvalue weighted by Gasteiger charge is 2.46. The van der Waals surface area contributed by atoms with E-state index >= 15 is 0 Å². The molecule has 11 heteroatoms. The minimum Gasteiger partial charge on any atom is -0.394 e. The summed E-state index contributed by atoms with van der Waals surface area (Å²) in [6, 6.07) is 0. The molecule has 2 heterocycles. The molecule has 0 aromatic carbocycles. The highest BCUT2D eigenvalue weighted by Crippen LogP contribution is 2.24. The Kier molecular flexibility index (Phi) is 6.27. The lowest BCUT2D eigenvalue weighted by Crippen LogP contribution is -2.61. The zero-order valence-corrected chi connectivity index (χ0v) is 12.0. The van der Waals surface area contributed by atoms with Crippen LogP contribution in [0, 0.1) is 0 Å². The van der Waals surface area contributed by atoms with E-state index < -0.39 is 74.6 Å². The molecule has 1 unspecified atom stereocenters. The van der Waals surface area contributed by atoms with Crippen molar-refractivity contribution in [3.63, 3.8) is 0 Å². The summed E-state index contributed by atoms with van der Waals surface area (Å²) in [5, 5.41) is 76.1. The molecule has 0 radical (unpaired) electrons. The minimum atomic E-state index is -1.74. The van der Waals surface area contributed by atoms with Gasteiger partial charge in [0.05, 0.1) is 13.2 Å². The highest BCUT2D eigenvalue weighted by molar-refractivity contribution is 4.91. The molecule has 8 N–H and O–H groups in total. The Morgan fingerprint density at radius 3 is 1.83 bits per heavy atom. The first-order valence-corrected chi connectivity index (χ1v) is 7.07. The number of hydrogen-bond donors (Lipinski definition) is 8. The molecule has 2 aliphatic rings. The van der Waals surface area contributed by atoms with E-state index in [0.29, 0.717) is 0 Å². The average molecular weight is 342 g/mol. The molecule has 0 amide bonds. The van der Waals surface area contributed by atoms with Gasteiger partial charge in [0.2, 0.25) is 0 Å². The van der Waals surface area contributed by atoms with Crippen LogP contribution in [0.5, 0.6) is 0 Å². The largest absolute Gasteiger partial charge is 0.394 e. The van der Waals surface area contributed by atoms with Crippen LogP contribution in [-0.4, -0.2) is 115 Å². The van der Waals surface area contributed by atoms with Crippen LogP contribution in [0.2, 0.25) is 0 Å². The Balaban J connectivity index is 1.94. The fraction of sp³-hybridized carbons (Fsp3) is 1.00. The molecule has 10 atom stereocenters. The van der Waals surface area contributed by atoms with Gasteiger partial charge in [0, 0.05) is 0 Å². The fourth-order valence-corrected chi connectivity index (χ4v) is 2.46. The third-order valence-electron chi connectivity index (χ3n) is 3.96. The van der Waals surface area contributed by atoms with E-state index in [2.05, 4.69) is 0 Å². The molecule has 0 aromatic heterocycles. The van der Waals surface area contributed by atoms with E-state index in [0.717, 1.165) is 0 Å². The van der Waals surface area contributed by atoms with E-state index in [1.807, 2.05) is 0 Å². The zero-order chi connectivity index (χ0) is 17.3. The smallest absolute Gasteiger partial charge is 0.186 e. The van der Waals surface area contributed by atoms with E-state index in [4.69, 9.17) is 19.3 Å². The van der Waals surface area contributed by atoms with E-state index in [1.54, 1.807) is 0 Å². The normalized spacial score (nSPS) is 51.7. The van der Waals surface area contributed by atoms with Gasteiger partial charge in [-0.05, 0) is 0 Å². The van der Waals surface area contributed by atoms with Gasteiger partial charge in [-0.15, -0.1) is 0 Å². The number of aliphatic hydroxyl groups excluding tert-OH is 8. The second-order valence-corrected chi connectivity index (χ2v) is 5.57. The van der Waals surface area contributed by atoms with Crippen molar-refractivity contribution in [3.05, 3.63) is 0 Å². The van der Waals surface area contributed by atoms with E-state index in [1.165, 1.54) is 0 Å². The maximum atomic E-state index is 9.78. The van der Waals surface area contributed by atoms with Gasteiger partial charge in [-0.25, -0.2) is 0 Å². The van der Waals surface area contributed by atoms with Gasteiger partial charge in [0.1, 0.15) is 48.8 Å². The monoisotopic (exact) mass is 342 g/mol. The van der Waals surface area contributed by atoms with Gasteiger partial charge < -0.3 is 55.1 Å². The highest BCUT2D eigenvalue weighted by atomic mass is 16.7. The van der Waals surface area contributed by atoms with Gasteiger partial charge in [0.25, 0.3) is 0 Å². The third kappa shape index (κ3) is 3.81. The van der Waals surface area contributed by atoms with Crippen molar-refractivity contribution >= 4 is 0 Å². The predicted octanol–water partition coefficient (Wildman–Crippen LogP) is -5.40. The first-order valence-electron chi connectivity index (χ1n) is 7.07. The summed E-state index contributed by atoms with van der Waals surface area (Å²) in [4.78, 5) is 0. The predicted molar refractivity (Wildman–Crippen MR) is 68.6 cm³/mol. The van der Waals surface area contributed by atoms with Crippen LogP contribution in [0.3, 0.4) is 0 Å². The lowest BCUT2D eigenvalue weighted by molar-refractivity contribution is -0.325. The number of aliphatic hydroxyl groups is 8. The molecule has 0 aromatic rings. The maximum absolute atomic E-state index is 9.78. The number of ether oxygens (including phenoxy) is 3. The summed E-state index contributed by atoms with van der Waals surface area (Å²) >= 11 is 0. The van der Waals surface area contributed by atoms with Crippen molar-refractivity contribution in [2.24, 2.45) is 0 Å². The molecule has 2 saturated heterocycles. The molecule has 23 heavy (non-hydrogen) atoms. The van der Waals surface area contributed by atoms with Crippen molar-refractivity contribution < 1.29 is 55.1 Å². The van der Waals surface area contributed by atoms with Crippen LogP contribution in [0.25, 0.3) is 0 Å². The molecule has 2 fully saturated rings. The molecule has 2 rings (SSSR count). The summed E-state index contributed by atoms with van der Waals surface area (Å²) in [6.45, 7) is -1.10. The van der Waals surface area contributed by atoms with Crippen molar-refractivity contribution in [2.75, 3.05) is 13.2 Å². The maximum Gasteiger partial charge on any atom is 0.186 e. The first-order chi connectivity index (χ1) is 10.8. The van der Waals surface area contributed by atoms with Gasteiger partial charge >= 0.3 is 0 Å². The standard InChI is InChI=1S/C12H22O11/c13-1-3-5(14)8(17)10(19)12(23-3)21-2-4-6(15)7(16)9(18)11(20)22-4/h3-20H,1-2H2/t3-,4-,5-,6-,7+,8+,9-,10+,11?,12+/m1/s1. The molecule has 11 nitrogen and oxygen atoms in total. The van der Waals surface area contributed by atoms with Crippen molar-refractivity contribution in [1.29, 1.82) is 0 Å². The van der Waals surface area contributed by atoms with Crippen LogP contribution in [-0.2, 0) is 14.2 Å². The van der Waals surface area contributed by atoms with Crippen LogP contribution >= 0.6 is 0 Å². The van der Waals surface area contributed by atoms with Crippen LogP contribution in [0.1, 0.15) is 0 Å². The molecular weight excluding hydrogens is 320 g/mol. The molecule has 0 spiro atoms. The summed E-state index contributed by atoms with van der Waals surface area (Å²) < 4.78 is 15.1. The summed E-state index contributed by atoms with van der Waals surface area (Å²) in [7, 11) is 0. The summed E-state index contributed by atoms with van der Waals surface area (Å²) in [6.07, 6.45) is -15.3. The second kappa shape index (κ2) is 7.63. The SMILES string of the molecule is OC[C@H]1O[C@H](OC[C@H]2OC(O)[C@H](O)[C@@H](O)[C@@H]2O)[C@@H](O)[C@@H](O)[C@@H]1O. The lowest BCUT2D eigenvalue weighted by Gasteiger charge is -2.41. The van der Waals surface area contributed by atoms with Gasteiger partial charge in [0.15, 0.2) is 12.6 Å². The first kappa shape index (κ1) is 18.9.